The summed E-state index contributed by atoms with van der Waals surface area (Å²) in [4.78, 5) is 14.6. The van der Waals surface area contributed by atoms with Crippen molar-refractivity contribution in [3.63, 3.8) is 0 Å². The molecule has 2 atom stereocenters. The van der Waals surface area contributed by atoms with Crippen molar-refractivity contribution in [3.05, 3.63) is 69.2 Å². The first kappa shape index (κ1) is 23.8. The molecule has 0 radical (unpaired) electrons. The average Bonchev–Trinajstić information content (AvgIpc) is 3.12. The van der Waals surface area contributed by atoms with E-state index in [9.17, 15) is 28.3 Å². The molecular weight excluding hydrogens is 456 g/mol. The summed E-state index contributed by atoms with van der Waals surface area (Å²) in [5.74, 6) is -0.650. The quantitative estimate of drug-likeness (QED) is 0.473. The lowest BCUT2D eigenvalue weighted by Crippen LogP contribution is -2.40. The molecule has 1 aliphatic rings. The van der Waals surface area contributed by atoms with E-state index in [2.05, 4.69) is 0 Å². The molecule has 0 bridgehead atoms. The van der Waals surface area contributed by atoms with Crippen LogP contribution in [0.25, 0.3) is 0 Å². The van der Waals surface area contributed by atoms with Crippen molar-refractivity contribution in [1.82, 2.24) is 9.96 Å². The SMILES string of the molecule is O=C(Cc1ccc(Cl)c(Cl)c1)N(O)[C@H](CN1CC[C@H](O)C1)c1ccc(C(F)(F)F)cc1. The minimum atomic E-state index is -4.49. The van der Waals surface area contributed by atoms with Crippen LogP contribution in [0.2, 0.25) is 10.0 Å². The number of benzene rings is 2. The van der Waals surface area contributed by atoms with Gasteiger partial charge in [0.15, 0.2) is 0 Å². The van der Waals surface area contributed by atoms with Crippen LogP contribution in [0, 0.1) is 0 Å². The molecule has 0 aliphatic carbocycles. The van der Waals surface area contributed by atoms with Gasteiger partial charge in [-0.25, -0.2) is 5.06 Å². The highest BCUT2D eigenvalue weighted by atomic mass is 35.5. The maximum atomic E-state index is 12.9. The zero-order chi connectivity index (χ0) is 22.8. The number of carbonyl (C=O) groups excluding carboxylic acids is 1. The Morgan fingerprint density at radius 2 is 1.84 bits per heavy atom. The molecule has 3 rings (SSSR count). The van der Waals surface area contributed by atoms with Gasteiger partial charge in [-0.3, -0.25) is 14.9 Å². The summed E-state index contributed by atoms with van der Waals surface area (Å²) in [6.45, 7) is 1.06. The Hall–Kier alpha value is -1.84. The molecule has 0 aromatic heterocycles. The minimum absolute atomic E-state index is 0.159. The maximum Gasteiger partial charge on any atom is 0.416 e. The van der Waals surface area contributed by atoms with Gasteiger partial charge in [-0.1, -0.05) is 41.4 Å². The van der Waals surface area contributed by atoms with Crippen molar-refractivity contribution in [2.45, 2.75) is 31.2 Å². The highest BCUT2D eigenvalue weighted by molar-refractivity contribution is 6.42. The molecule has 10 heteroatoms. The van der Waals surface area contributed by atoms with Crippen molar-refractivity contribution < 1.29 is 28.3 Å². The van der Waals surface area contributed by atoms with Gasteiger partial charge in [0.2, 0.25) is 0 Å². The van der Waals surface area contributed by atoms with E-state index >= 15 is 0 Å². The Bertz CT molecular complexity index is 925. The third-order valence-corrected chi connectivity index (χ3v) is 5.93. The number of rotatable bonds is 6. The van der Waals surface area contributed by atoms with Gasteiger partial charge < -0.3 is 5.11 Å². The normalized spacial score (nSPS) is 18.2. The molecule has 1 heterocycles. The van der Waals surface area contributed by atoms with Crippen molar-refractivity contribution in [2.75, 3.05) is 19.6 Å². The van der Waals surface area contributed by atoms with Gasteiger partial charge in [-0.15, -0.1) is 0 Å². The summed E-state index contributed by atoms with van der Waals surface area (Å²) in [7, 11) is 0. The van der Waals surface area contributed by atoms with Crippen LogP contribution in [-0.4, -0.2) is 51.9 Å². The molecule has 1 amide bonds. The lowest BCUT2D eigenvalue weighted by molar-refractivity contribution is -0.177. The number of alkyl halides is 3. The smallest absolute Gasteiger partial charge is 0.392 e. The topological polar surface area (TPSA) is 64.0 Å². The van der Waals surface area contributed by atoms with Gasteiger partial charge >= 0.3 is 6.18 Å². The molecular formula is C21H21Cl2F3N2O3. The molecule has 1 saturated heterocycles. The number of nitrogens with zero attached hydrogens (tertiary/aromatic N) is 2. The molecule has 1 aliphatic heterocycles. The third kappa shape index (κ3) is 6.11. The van der Waals surface area contributed by atoms with Crippen molar-refractivity contribution in [1.29, 1.82) is 0 Å². The van der Waals surface area contributed by atoms with E-state index in [-0.39, 0.29) is 18.0 Å². The Morgan fingerprint density at radius 3 is 2.39 bits per heavy atom. The fraction of sp³-hybridized carbons (Fsp3) is 0.381. The fourth-order valence-corrected chi connectivity index (χ4v) is 3.84. The molecule has 2 N–H and O–H groups in total. The van der Waals surface area contributed by atoms with Gasteiger partial charge in [0, 0.05) is 19.6 Å². The summed E-state index contributed by atoms with van der Waals surface area (Å²) >= 11 is 11.9. The molecule has 0 unspecified atom stereocenters. The van der Waals surface area contributed by atoms with E-state index < -0.39 is 29.8 Å². The third-order valence-electron chi connectivity index (χ3n) is 5.19. The molecule has 5 nitrogen and oxygen atoms in total. The highest BCUT2D eigenvalue weighted by Gasteiger charge is 2.32. The van der Waals surface area contributed by atoms with E-state index in [1.165, 1.54) is 24.3 Å². The van der Waals surface area contributed by atoms with Crippen LogP contribution in [-0.2, 0) is 17.4 Å². The van der Waals surface area contributed by atoms with Crippen LogP contribution < -0.4 is 0 Å². The standard InChI is InChI=1S/C21H21Cl2F3N2O3/c22-17-6-1-13(9-18(17)23)10-20(30)28(31)19(12-27-8-7-16(29)11-27)14-2-4-15(5-3-14)21(24,25)26/h1-6,9,16,19,29,31H,7-8,10-12H2/t16-,19+/m0/s1. The predicted octanol–water partition coefficient (Wildman–Crippen LogP) is 4.58. The highest BCUT2D eigenvalue weighted by Crippen LogP contribution is 2.31. The molecule has 2 aromatic rings. The van der Waals surface area contributed by atoms with Crippen LogP contribution in [0.1, 0.15) is 29.2 Å². The maximum absolute atomic E-state index is 12.9. The number of halogens is 5. The first-order chi connectivity index (χ1) is 14.5. The van der Waals surface area contributed by atoms with Gasteiger partial charge in [-0.05, 0) is 41.8 Å². The van der Waals surface area contributed by atoms with Crippen molar-refractivity contribution in [3.8, 4) is 0 Å². The van der Waals surface area contributed by atoms with Crippen LogP contribution in [0.15, 0.2) is 42.5 Å². The summed E-state index contributed by atoms with van der Waals surface area (Å²) < 4.78 is 38.7. The van der Waals surface area contributed by atoms with Crippen LogP contribution >= 0.6 is 23.2 Å². The van der Waals surface area contributed by atoms with Crippen molar-refractivity contribution in [2.24, 2.45) is 0 Å². The Kier molecular flexibility index (Phi) is 7.49. The second-order valence-electron chi connectivity index (χ2n) is 7.50. The second-order valence-corrected chi connectivity index (χ2v) is 8.32. The summed E-state index contributed by atoms with van der Waals surface area (Å²) in [5, 5.41) is 21.6. The first-order valence-corrected chi connectivity index (χ1v) is 10.3. The lowest BCUT2D eigenvalue weighted by atomic mass is 10.0. The number of β-amino-alcohol motifs (C(OH)–C–C–N with tert-alkyl or cyclic N) is 1. The minimum Gasteiger partial charge on any atom is -0.392 e. The van der Waals surface area contributed by atoms with Gasteiger partial charge in [0.1, 0.15) is 0 Å². The van der Waals surface area contributed by atoms with E-state index in [4.69, 9.17) is 23.2 Å². The fourth-order valence-electron chi connectivity index (χ4n) is 3.52. The monoisotopic (exact) mass is 476 g/mol. The number of likely N-dealkylation sites (tertiary alicyclic amines) is 1. The van der Waals surface area contributed by atoms with Gasteiger partial charge in [-0.2, -0.15) is 13.2 Å². The zero-order valence-corrected chi connectivity index (χ0v) is 17.8. The number of aliphatic hydroxyl groups is 1. The molecule has 2 aromatic carbocycles. The second kappa shape index (κ2) is 9.75. The zero-order valence-electron chi connectivity index (χ0n) is 16.3. The number of hydroxylamine groups is 2. The first-order valence-electron chi connectivity index (χ1n) is 9.57. The van der Waals surface area contributed by atoms with Gasteiger partial charge in [0.25, 0.3) is 5.91 Å². The van der Waals surface area contributed by atoms with E-state index in [0.717, 1.165) is 12.1 Å². The van der Waals surface area contributed by atoms with Gasteiger partial charge in [0.05, 0.1) is 34.2 Å². The predicted molar refractivity (Wildman–Crippen MR) is 110 cm³/mol. The molecule has 0 spiro atoms. The largest absolute Gasteiger partial charge is 0.416 e. The van der Waals surface area contributed by atoms with E-state index in [1.807, 2.05) is 4.90 Å². The number of aliphatic hydroxyl groups excluding tert-OH is 1. The van der Waals surface area contributed by atoms with E-state index in [0.29, 0.717) is 40.7 Å². The summed E-state index contributed by atoms with van der Waals surface area (Å²) in [6.07, 6.45) is -4.64. The van der Waals surface area contributed by atoms with Crippen molar-refractivity contribution >= 4 is 29.1 Å². The lowest BCUT2D eigenvalue weighted by Gasteiger charge is -2.30. The molecule has 168 valence electrons. The summed E-state index contributed by atoms with van der Waals surface area (Å²) in [5.41, 5.74) is 0.0545. The Labute approximate surface area is 187 Å². The number of carbonyl (C=O) groups is 1. The summed E-state index contributed by atoms with van der Waals surface area (Å²) in [6, 6.07) is 8.06. The van der Waals surface area contributed by atoms with E-state index in [1.54, 1.807) is 6.07 Å². The number of amides is 1. The molecule has 0 saturated carbocycles. The molecule has 1 fully saturated rings. The van der Waals surface area contributed by atoms with Crippen LogP contribution in [0.3, 0.4) is 0 Å². The Morgan fingerprint density at radius 1 is 1.16 bits per heavy atom. The number of hydrogen-bond acceptors (Lipinski definition) is 4. The Balaban J connectivity index is 1.82. The van der Waals surface area contributed by atoms with Crippen LogP contribution in [0.5, 0.6) is 0 Å². The van der Waals surface area contributed by atoms with Crippen LogP contribution in [0.4, 0.5) is 13.2 Å². The molecule has 31 heavy (non-hydrogen) atoms. The average molecular weight is 477 g/mol. The number of hydrogen-bond donors (Lipinski definition) is 2.